The lowest BCUT2D eigenvalue weighted by atomic mass is 10.00. The molecule has 0 radical (unpaired) electrons. The highest BCUT2D eigenvalue weighted by atomic mass is 35.5. The molecule has 0 saturated carbocycles. The van der Waals surface area contributed by atoms with Crippen LogP contribution in [0.5, 0.6) is 11.5 Å². The van der Waals surface area contributed by atoms with Gasteiger partial charge in [0.25, 0.3) is 0 Å². The Kier molecular flexibility index (Phi) is 14.1. The van der Waals surface area contributed by atoms with Crippen molar-refractivity contribution in [3.63, 3.8) is 0 Å². The van der Waals surface area contributed by atoms with Gasteiger partial charge in [-0.15, -0.1) is 37.2 Å². The second-order valence-corrected chi connectivity index (χ2v) is 9.79. The van der Waals surface area contributed by atoms with E-state index in [1.54, 1.807) is 0 Å². The lowest BCUT2D eigenvalue weighted by Crippen LogP contribution is -2.11. The fourth-order valence-electron chi connectivity index (χ4n) is 4.18. The monoisotopic (exact) mass is 515 g/mol. The average Bonchev–Trinajstić information content (AvgIpc) is 2.68. The first kappa shape index (κ1) is 31.6. The van der Waals surface area contributed by atoms with Crippen molar-refractivity contribution in [2.45, 2.75) is 54.4 Å². The van der Waals surface area contributed by atoms with Gasteiger partial charge in [0.1, 0.15) is 11.5 Å². The molecule has 0 aliphatic heterocycles. The fraction of sp³-hybridized carbons (Fsp3) is 0.519. The molecule has 33 heavy (non-hydrogen) atoms. The van der Waals surface area contributed by atoms with Crippen molar-refractivity contribution in [1.29, 1.82) is 0 Å². The molecule has 3 nitrogen and oxygen atoms in total. The van der Waals surface area contributed by atoms with E-state index in [1.165, 1.54) is 12.8 Å². The van der Waals surface area contributed by atoms with Crippen LogP contribution in [0, 0.1) is 23.7 Å². The number of halogens is 3. The molecular formula is C27H40Cl3NO2. The van der Waals surface area contributed by atoms with Gasteiger partial charge in [0, 0.05) is 22.9 Å². The molecule has 0 spiro atoms. The predicted octanol–water partition coefficient (Wildman–Crippen LogP) is 8.78. The molecule has 0 bridgehead atoms. The van der Waals surface area contributed by atoms with Crippen LogP contribution >= 0.6 is 37.2 Å². The Balaban J connectivity index is 0.00000341. The summed E-state index contributed by atoms with van der Waals surface area (Å²) in [5.74, 6) is 4.25. The zero-order valence-electron chi connectivity index (χ0n) is 20.7. The van der Waals surface area contributed by atoms with E-state index in [0.717, 1.165) is 46.5 Å². The predicted molar refractivity (Wildman–Crippen MR) is 149 cm³/mol. The Hall–Kier alpha value is -1.42. The van der Waals surface area contributed by atoms with Crippen molar-refractivity contribution in [3.8, 4) is 11.5 Å². The van der Waals surface area contributed by atoms with E-state index in [2.05, 4.69) is 71.9 Å². The number of hydrogen-bond donors (Lipinski definition) is 0. The highest BCUT2D eigenvalue weighted by molar-refractivity contribution is 5.93. The van der Waals surface area contributed by atoms with Gasteiger partial charge in [-0.3, -0.25) is 0 Å². The zero-order chi connectivity index (χ0) is 21.7. The van der Waals surface area contributed by atoms with Crippen molar-refractivity contribution in [2.24, 2.45) is 23.7 Å². The molecule has 6 heteroatoms. The Morgan fingerprint density at radius 2 is 1.00 bits per heavy atom. The Labute approximate surface area is 218 Å². The molecule has 2 unspecified atom stereocenters. The van der Waals surface area contributed by atoms with Crippen molar-refractivity contribution in [2.75, 3.05) is 13.2 Å². The van der Waals surface area contributed by atoms with Gasteiger partial charge in [0.2, 0.25) is 0 Å². The normalized spacial score (nSPS) is 12.6. The van der Waals surface area contributed by atoms with Crippen LogP contribution in [0.15, 0.2) is 42.5 Å². The molecule has 1 heterocycles. The number of aromatic nitrogens is 1. The number of rotatable bonds is 10. The van der Waals surface area contributed by atoms with Gasteiger partial charge in [-0.1, -0.05) is 41.5 Å². The largest absolute Gasteiger partial charge is 0.493 e. The summed E-state index contributed by atoms with van der Waals surface area (Å²) in [6.45, 7) is 15.0. The second-order valence-electron chi connectivity index (χ2n) is 9.79. The Morgan fingerprint density at radius 3 is 1.36 bits per heavy atom. The summed E-state index contributed by atoms with van der Waals surface area (Å²) in [5, 5.41) is 2.26. The third-order valence-corrected chi connectivity index (χ3v) is 5.37. The molecule has 0 aliphatic carbocycles. The highest BCUT2D eigenvalue weighted by Gasteiger charge is 2.09. The second kappa shape index (κ2) is 14.8. The van der Waals surface area contributed by atoms with Crippen LogP contribution in [-0.4, -0.2) is 18.2 Å². The van der Waals surface area contributed by atoms with Crippen molar-refractivity contribution in [3.05, 3.63) is 42.5 Å². The molecule has 3 rings (SSSR count). The summed E-state index contributed by atoms with van der Waals surface area (Å²) in [6, 6.07) is 14.6. The van der Waals surface area contributed by atoms with Crippen LogP contribution in [0.4, 0.5) is 0 Å². The van der Waals surface area contributed by atoms with Crippen LogP contribution in [-0.2, 0) is 0 Å². The van der Waals surface area contributed by atoms with Gasteiger partial charge in [-0.05, 0) is 66.8 Å². The van der Waals surface area contributed by atoms with E-state index in [-0.39, 0.29) is 37.2 Å². The summed E-state index contributed by atoms with van der Waals surface area (Å²) in [6.07, 6.45) is 2.35. The van der Waals surface area contributed by atoms with Gasteiger partial charge in [0.05, 0.1) is 24.2 Å². The molecule has 0 amide bonds. The minimum atomic E-state index is 0. The fourth-order valence-corrected chi connectivity index (χ4v) is 4.18. The number of ether oxygens (including phenoxy) is 2. The number of pyridine rings is 1. The number of hydrogen-bond acceptors (Lipinski definition) is 3. The maximum atomic E-state index is 6.04. The zero-order valence-corrected chi connectivity index (χ0v) is 23.1. The third kappa shape index (κ3) is 9.76. The summed E-state index contributed by atoms with van der Waals surface area (Å²) >= 11 is 0. The van der Waals surface area contributed by atoms with E-state index in [0.29, 0.717) is 23.7 Å². The lowest BCUT2D eigenvalue weighted by molar-refractivity contribution is 0.239. The van der Waals surface area contributed by atoms with E-state index >= 15 is 0 Å². The van der Waals surface area contributed by atoms with Gasteiger partial charge < -0.3 is 9.47 Å². The Morgan fingerprint density at radius 1 is 0.606 bits per heavy atom. The topological polar surface area (TPSA) is 31.4 Å². The quantitative estimate of drug-likeness (QED) is 0.252. The summed E-state index contributed by atoms with van der Waals surface area (Å²) < 4.78 is 12.1. The van der Waals surface area contributed by atoms with Gasteiger partial charge in [-0.25, -0.2) is 4.98 Å². The van der Waals surface area contributed by atoms with Crippen LogP contribution < -0.4 is 9.47 Å². The van der Waals surface area contributed by atoms with Crippen LogP contribution in [0.3, 0.4) is 0 Å². The van der Waals surface area contributed by atoms with E-state index in [4.69, 9.17) is 14.5 Å². The first-order valence-corrected chi connectivity index (χ1v) is 11.4. The summed E-state index contributed by atoms with van der Waals surface area (Å²) in [7, 11) is 0. The number of fused-ring (bicyclic) bond motifs is 2. The molecule has 2 aromatic carbocycles. The molecule has 0 saturated heterocycles. The van der Waals surface area contributed by atoms with Crippen LogP contribution in [0.2, 0.25) is 0 Å². The smallest absolute Gasteiger partial charge is 0.121 e. The Bertz CT molecular complexity index is 903. The molecule has 3 aromatic rings. The number of benzene rings is 2. The minimum Gasteiger partial charge on any atom is -0.493 e. The third-order valence-electron chi connectivity index (χ3n) is 5.37. The molecule has 0 N–H and O–H groups in total. The first-order chi connectivity index (χ1) is 14.3. The van der Waals surface area contributed by atoms with Crippen molar-refractivity contribution < 1.29 is 9.47 Å². The summed E-state index contributed by atoms with van der Waals surface area (Å²) in [5.41, 5.74) is 1.92. The first-order valence-electron chi connectivity index (χ1n) is 11.4. The summed E-state index contributed by atoms with van der Waals surface area (Å²) in [4.78, 5) is 4.89. The maximum Gasteiger partial charge on any atom is 0.121 e. The molecule has 186 valence electrons. The van der Waals surface area contributed by atoms with Crippen molar-refractivity contribution in [1.82, 2.24) is 4.98 Å². The lowest BCUT2D eigenvalue weighted by Gasteiger charge is -2.16. The SMILES string of the molecule is CC(C)CC(C)COc1ccc2cc3ccc(OCC(C)CC(C)C)cc3nc2c1.Cl.Cl.Cl. The number of nitrogens with zero attached hydrogens (tertiary/aromatic N) is 1. The molecule has 2 atom stereocenters. The van der Waals surface area contributed by atoms with E-state index < -0.39 is 0 Å². The van der Waals surface area contributed by atoms with Crippen molar-refractivity contribution >= 4 is 59.0 Å². The van der Waals surface area contributed by atoms with E-state index in [9.17, 15) is 0 Å². The molecule has 0 fully saturated rings. The molecule has 0 aliphatic rings. The van der Waals surface area contributed by atoms with Crippen LogP contribution in [0.25, 0.3) is 21.8 Å². The van der Waals surface area contributed by atoms with Gasteiger partial charge in [-0.2, -0.15) is 0 Å². The average molecular weight is 517 g/mol. The maximum absolute atomic E-state index is 6.04. The van der Waals surface area contributed by atoms with Gasteiger partial charge in [0.15, 0.2) is 0 Å². The highest BCUT2D eigenvalue weighted by Crippen LogP contribution is 2.27. The van der Waals surface area contributed by atoms with Crippen LogP contribution in [0.1, 0.15) is 54.4 Å². The van der Waals surface area contributed by atoms with E-state index in [1.807, 2.05) is 12.1 Å². The standard InChI is InChI=1S/C27H37NO2.3ClH/c1-18(2)11-20(5)16-29-24-9-7-22-13-23-8-10-25(15-27(23)28-26(22)14-24)30-17-21(6)12-19(3)4;;;/h7-10,13-15,18-21H,11-12,16-17H2,1-6H3;3*1H. The minimum absolute atomic E-state index is 0. The molecule has 1 aromatic heterocycles. The van der Waals surface area contributed by atoms with Gasteiger partial charge >= 0.3 is 0 Å². The molecular weight excluding hydrogens is 477 g/mol.